The van der Waals surface area contributed by atoms with Crippen LogP contribution in [0.4, 0.5) is 0 Å². The van der Waals surface area contributed by atoms with Crippen LogP contribution in [0, 0.1) is 0 Å². The van der Waals surface area contributed by atoms with E-state index in [0.717, 1.165) is 0 Å². The number of unbranched alkanes of at least 4 members (excludes halogenated alkanes) is 1. The molecule has 3 heteroatoms. The maximum Gasteiger partial charge on any atom is 0.0897 e. The lowest BCUT2D eigenvalue weighted by molar-refractivity contribution is 0.0622. The lowest BCUT2D eigenvalue weighted by Crippen LogP contribution is -2.37. The molecule has 0 amide bonds. The first-order valence-corrected chi connectivity index (χ1v) is 6.14. The molecule has 0 rings (SSSR count). The van der Waals surface area contributed by atoms with Crippen LogP contribution in [-0.4, -0.2) is 37.5 Å². The molecule has 0 aromatic carbocycles. The minimum Gasteiger partial charge on any atom is -0.389 e. The van der Waals surface area contributed by atoms with Crippen molar-refractivity contribution in [2.75, 3.05) is 20.3 Å². The topological polar surface area (TPSA) is 41.5 Å². The molecular weight excluding hydrogens is 190 g/mol. The van der Waals surface area contributed by atoms with E-state index in [9.17, 15) is 5.11 Å². The highest BCUT2D eigenvalue weighted by Crippen LogP contribution is 2.06. The Kier molecular flexibility index (Phi) is 10.3. The number of nitrogens with one attached hydrogen (secondary N) is 1. The smallest absolute Gasteiger partial charge is 0.0897 e. The van der Waals surface area contributed by atoms with Crippen molar-refractivity contribution in [3.8, 4) is 0 Å². The van der Waals surface area contributed by atoms with Crippen molar-refractivity contribution in [3.63, 3.8) is 0 Å². The van der Waals surface area contributed by atoms with Crippen molar-refractivity contribution in [1.29, 1.82) is 0 Å². The third kappa shape index (κ3) is 8.85. The zero-order valence-electron chi connectivity index (χ0n) is 10.5. The van der Waals surface area contributed by atoms with Gasteiger partial charge in [0.2, 0.25) is 0 Å². The van der Waals surface area contributed by atoms with Gasteiger partial charge in [-0.25, -0.2) is 0 Å². The molecule has 92 valence electrons. The highest BCUT2D eigenvalue weighted by atomic mass is 16.5. The summed E-state index contributed by atoms with van der Waals surface area (Å²) in [6, 6.07) is 0.557. The fraction of sp³-hybridized carbons (Fsp3) is 1.00. The number of aliphatic hydroxyl groups is 1. The van der Waals surface area contributed by atoms with Crippen LogP contribution in [0.2, 0.25) is 0 Å². The van der Waals surface area contributed by atoms with Crippen LogP contribution in [0.25, 0.3) is 0 Å². The summed E-state index contributed by atoms with van der Waals surface area (Å²) < 4.78 is 4.89. The van der Waals surface area contributed by atoms with E-state index in [1.54, 1.807) is 7.11 Å². The Morgan fingerprint density at radius 3 is 2.47 bits per heavy atom. The first kappa shape index (κ1) is 14.9. The summed E-state index contributed by atoms with van der Waals surface area (Å²) in [5.41, 5.74) is 0. The standard InChI is InChI=1S/C12H27NO2/c1-4-6-8-11(7-5-2)13-9-12(14)10-15-3/h11-14H,4-10H2,1-3H3. The van der Waals surface area contributed by atoms with Crippen molar-refractivity contribution in [2.45, 2.75) is 58.1 Å². The lowest BCUT2D eigenvalue weighted by Gasteiger charge is -2.19. The second-order valence-corrected chi connectivity index (χ2v) is 4.15. The summed E-state index contributed by atoms with van der Waals surface area (Å²) >= 11 is 0. The number of hydrogen-bond acceptors (Lipinski definition) is 3. The predicted octanol–water partition coefficient (Wildman–Crippen LogP) is 1.94. The van der Waals surface area contributed by atoms with Gasteiger partial charge < -0.3 is 15.2 Å². The van der Waals surface area contributed by atoms with Crippen LogP contribution in [0.15, 0.2) is 0 Å². The second-order valence-electron chi connectivity index (χ2n) is 4.15. The third-order valence-electron chi connectivity index (χ3n) is 2.54. The molecule has 0 aliphatic rings. The Bertz CT molecular complexity index is 131. The van der Waals surface area contributed by atoms with Crippen molar-refractivity contribution in [2.24, 2.45) is 0 Å². The molecule has 3 nitrogen and oxygen atoms in total. The van der Waals surface area contributed by atoms with Crippen LogP contribution >= 0.6 is 0 Å². The maximum absolute atomic E-state index is 9.50. The van der Waals surface area contributed by atoms with E-state index in [-0.39, 0.29) is 6.10 Å². The average molecular weight is 217 g/mol. The van der Waals surface area contributed by atoms with E-state index in [1.807, 2.05) is 0 Å². The number of hydrogen-bond donors (Lipinski definition) is 2. The third-order valence-corrected chi connectivity index (χ3v) is 2.54. The molecule has 2 atom stereocenters. The molecule has 2 N–H and O–H groups in total. The van der Waals surface area contributed by atoms with E-state index in [4.69, 9.17) is 4.74 Å². The number of rotatable bonds is 10. The fourth-order valence-electron chi connectivity index (χ4n) is 1.70. The first-order valence-electron chi connectivity index (χ1n) is 6.14. The first-order chi connectivity index (χ1) is 7.24. The van der Waals surface area contributed by atoms with Crippen LogP contribution < -0.4 is 5.32 Å². The van der Waals surface area contributed by atoms with E-state index in [2.05, 4.69) is 19.2 Å². The van der Waals surface area contributed by atoms with Gasteiger partial charge in [0, 0.05) is 19.7 Å². The minimum absolute atomic E-state index is 0.379. The van der Waals surface area contributed by atoms with Crippen molar-refractivity contribution < 1.29 is 9.84 Å². The summed E-state index contributed by atoms with van der Waals surface area (Å²) in [4.78, 5) is 0. The highest BCUT2D eigenvalue weighted by molar-refractivity contribution is 4.69. The minimum atomic E-state index is -0.379. The molecule has 0 bridgehead atoms. The van der Waals surface area contributed by atoms with Crippen LogP contribution in [0.5, 0.6) is 0 Å². The summed E-state index contributed by atoms with van der Waals surface area (Å²) in [6.45, 7) is 5.47. The molecule has 0 aromatic rings. The molecule has 0 spiro atoms. The highest BCUT2D eigenvalue weighted by Gasteiger charge is 2.09. The Balaban J connectivity index is 3.63. The average Bonchev–Trinajstić information content (AvgIpc) is 2.22. The van der Waals surface area contributed by atoms with Gasteiger partial charge in [0.1, 0.15) is 0 Å². The molecule has 0 aromatic heterocycles. The molecule has 0 saturated heterocycles. The summed E-state index contributed by atoms with van der Waals surface area (Å²) in [7, 11) is 1.61. The maximum atomic E-state index is 9.50. The van der Waals surface area contributed by atoms with Gasteiger partial charge in [0.25, 0.3) is 0 Å². The van der Waals surface area contributed by atoms with Gasteiger partial charge in [-0.2, -0.15) is 0 Å². The van der Waals surface area contributed by atoms with E-state index in [0.29, 0.717) is 19.2 Å². The molecular formula is C12H27NO2. The predicted molar refractivity (Wildman–Crippen MR) is 64.1 cm³/mol. The summed E-state index contributed by atoms with van der Waals surface area (Å²) in [6.07, 6.45) is 5.72. The SMILES string of the molecule is CCCCC(CCC)NCC(O)COC. The van der Waals surface area contributed by atoms with Crippen molar-refractivity contribution in [1.82, 2.24) is 5.32 Å². The summed E-state index contributed by atoms with van der Waals surface area (Å²) in [5.74, 6) is 0. The van der Waals surface area contributed by atoms with Crippen molar-refractivity contribution >= 4 is 0 Å². The quantitative estimate of drug-likeness (QED) is 0.587. The Morgan fingerprint density at radius 2 is 1.93 bits per heavy atom. The van der Waals surface area contributed by atoms with Crippen LogP contribution in [0.1, 0.15) is 46.0 Å². The largest absolute Gasteiger partial charge is 0.389 e. The summed E-state index contributed by atoms with van der Waals surface area (Å²) in [5, 5.41) is 12.9. The lowest BCUT2D eigenvalue weighted by atomic mass is 10.1. The normalized spacial score (nSPS) is 15.2. The van der Waals surface area contributed by atoms with Gasteiger partial charge in [0.15, 0.2) is 0 Å². The van der Waals surface area contributed by atoms with Crippen molar-refractivity contribution in [3.05, 3.63) is 0 Å². The van der Waals surface area contributed by atoms with Gasteiger partial charge in [-0.3, -0.25) is 0 Å². The molecule has 0 aliphatic heterocycles. The molecule has 0 fully saturated rings. The van der Waals surface area contributed by atoms with Gasteiger partial charge in [0.05, 0.1) is 12.7 Å². The number of aliphatic hydroxyl groups excluding tert-OH is 1. The second kappa shape index (κ2) is 10.4. The number of methoxy groups -OCH3 is 1. The monoisotopic (exact) mass is 217 g/mol. The zero-order chi connectivity index (χ0) is 11.5. The van der Waals surface area contributed by atoms with E-state index >= 15 is 0 Å². The van der Waals surface area contributed by atoms with Gasteiger partial charge in [-0.15, -0.1) is 0 Å². The Morgan fingerprint density at radius 1 is 1.20 bits per heavy atom. The molecule has 15 heavy (non-hydrogen) atoms. The van der Waals surface area contributed by atoms with E-state index in [1.165, 1.54) is 32.1 Å². The van der Waals surface area contributed by atoms with Gasteiger partial charge >= 0.3 is 0 Å². The molecule has 0 aliphatic carbocycles. The fourth-order valence-corrected chi connectivity index (χ4v) is 1.70. The Labute approximate surface area is 94.2 Å². The van der Waals surface area contributed by atoms with Crippen LogP contribution in [0.3, 0.4) is 0 Å². The molecule has 2 unspecified atom stereocenters. The van der Waals surface area contributed by atoms with Gasteiger partial charge in [-0.05, 0) is 12.8 Å². The van der Waals surface area contributed by atoms with E-state index < -0.39 is 0 Å². The molecule has 0 saturated carbocycles. The van der Waals surface area contributed by atoms with Gasteiger partial charge in [-0.1, -0.05) is 33.1 Å². The number of ether oxygens (including phenoxy) is 1. The zero-order valence-corrected chi connectivity index (χ0v) is 10.5. The molecule has 0 heterocycles. The van der Waals surface area contributed by atoms with Crippen LogP contribution in [-0.2, 0) is 4.74 Å². The Hall–Kier alpha value is -0.120. The molecule has 0 radical (unpaired) electrons.